The number of amides is 3. The van der Waals surface area contributed by atoms with Crippen LogP contribution in [0.3, 0.4) is 0 Å². The molecular formula is C21H25N5O3. The van der Waals surface area contributed by atoms with Crippen LogP contribution in [0.4, 0.5) is 11.4 Å². The molecule has 0 atom stereocenters. The third-order valence-corrected chi connectivity index (χ3v) is 4.64. The second-order valence-electron chi connectivity index (χ2n) is 7.09. The molecule has 1 aliphatic heterocycles. The minimum atomic E-state index is -0.242. The Balaban J connectivity index is 1.68. The molecule has 0 aliphatic carbocycles. The molecule has 2 heterocycles. The van der Waals surface area contributed by atoms with Crippen molar-refractivity contribution in [3.05, 3.63) is 53.9 Å². The van der Waals surface area contributed by atoms with E-state index < -0.39 is 0 Å². The fourth-order valence-electron chi connectivity index (χ4n) is 3.34. The van der Waals surface area contributed by atoms with E-state index in [1.54, 1.807) is 35.5 Å². The second kappa shape index (κ2) is 9.29. The van der Waals surface area contributed by atoms with Crippen molar-refractivity contribution < 1.29 is 14.4 Å². The Labute approximate surface area is 169 Å². The van der Waals surface area contributed by atoms with Crippen molar-refractivity contribution in [1.82, 2.24) is 14.8 Å². The molecule has 0 unspecified atom stereocenters. The Bertz CT molecular complexity index is 858. The van der Waals surface area contributed by atoms with Crippen molar-refractivity contribution in [3.63, 3.8) is 0 Å². The summed E-state index contributed by atoms with van der Waals surface area (Å²) in [4.78, 5) is 44.0. The Kier molecular flexibility index (Phi) is 6.56. The number of benzene rings is 1. The van der Waals surface area contributed by atoms with Crippen molar-refractivity contribution in [3.8, 4) is 0 Å². The lowest BCUT2D eigenvalue weighted by Crippen LogP contribution is -2.48. The topological polar surface area (TPSA) is 94.6 Å². The highest BCUT2D eigenvalue weighted by molar-refractivity contribution is 6.00. The normalized spacial score (nSPS) is 14.3. The molecule has 8 heteroatoms. The molecule has 0 spiro atoms. The van der Waals surface area contributed by atoms with E-state index in [0.29, 0.717) is 30.0 Å². The highest BCUT2D eigenvalue weighted by Gasteiger charge is 2.23. The van der Waals surface area contributed by atoms with Crippen LogP contribution >= 0.6 is 0 Å². The molecule has 152 valence electrons. The summed E-state index contributed by atoms with van der Waals surface area (Å²) in [6.45, 7) is 6.40. The highest BCUT2D eigenvalue weighted by Crippen LogP contribution is 2.21. The average molecular weight is 395 g/mol. The largest absolute Gasteiger partial charge is 0.336 e. The molecule has 0 saturated carbocycles. The predicted molar refractivity (Wildman–Crippen MR) is 110 cm³/mol. The van der Waals surface area contributed by atoms with Crippen LogP contribution < -0.4 is 10.6 Å². The van der Waals surface area contributed by atoms with Crippen molar-refractivity contribution >= 4 is 29.1 Å². The number of hydrogen-bond donors (Lipinski definition) is 2. The molecule has 1 aliphatic rings. The smallest absolute Gasteiger partial charge is 0.254 e. The van der Waals surface area contributed by atoms with Gasteiger partial charge in [-0.05, 0) is 35.9 Å². The van der Waals surface area contributed by atoms with E-state index in [4.69, 9.17) is 0 Å². The van der Waals surface area contributed by atoms with Gasteiger partial charge in [0.1, 0.15) is 0 Å². The third-order valence-electron chi connectivity index (χ3n) is 4.64. The molecule has 2 N–H and O–H groups in total. The van der Waals surface area contributed by atoms with E-state index in [9.17, 15) is 14.4 Å². The number of carbonyl (C=O) groups excluding carboxylic acids is 3. The number of carbonyl (C=O) groups is 3. The summed E-state index contributed by atoms with van der Waals surface area (Å²) >= 11 is 0. The van der Waals surface area contributed by atoms with Gasteiger partial charge in [-0.25, -0.2) is 0 Å². The van der Waals surface area contributed by atoms with Crippen LogP contribution in [-0.4, -0.2) is 58.7 Å². The molecule has 2 aromatic rings. The molecule has 1 aromatic carbocycles. The van der Waals surface area contributed by atoms with Crippen LogP contribution in [0, 0.1) is 0 Å². The summed E-state index contributed by atoms with van der Waals surface area (Å²) < 4.78 is 0. The molecule has 1 fully saturated rings. The van der Waals surface area contributed by atoms with E-state index in [1.165, 1.54) is 19.4 Å². The monoisotopic (exact) mass is 395 g/mol. The lowest BCUT2D eigenvalue weighted by atomic mass is 10.1. The van der Waals surface area contributed by atoms with Gasteiger partial charge >= 0.3 is 0 Å². The molecule has 29 heavy (non-hydrogen) atoms. The first-order chi connectivity index (χ1) is 13.9. The molecule has 1 aromatic heterocycles. The molecule has 8 nitrogen and oxygen atoms in total. The molecule has 3 rings (SSSR count). The third kappa shape index (κ3) is 5.86. The number of nitrogens with zero attached hydrogens (tertiary/aromatic N) is 3. The highest BCUT2D eigenvalue weighted by atomic mass is 16.2. The number of pyridine rings is 1. The van der Waals surface area contributed by atoms with Gasteiger partial charge in [0.25, 0.3) is 5.91 Å². The number of anilines is 2. The number of aromatic nitrogens is 1. The average Bonchev–Trinajstić information content (AvgIpc) is 2.67. The van der Waals surface area contributed by atoms with Crippen molar-refractivity contribution in [2.75, 3.05) is 36.8 Å². The van der Waals surface area contributed by atoms with Crippen LogP contribution in [0.15, 0.2) is 42.7 Å². The predicted octanol–water partition coefficient (Wildman–Crippen LogP) is 1.96. The number of rotatable bonds is 5. The first kappa shape index (κ1) is 20.5. The van der Waals surface area contributed by atoms with Gasteiger partial charge in [0.15, 0.2) is 0 Å². The maximum Gasteiger partial charge on any atom is 0.254 e. The van der Waals surface area contributed by atoms with E-state index in [0.717, 1.165) is 19.6 Å². The van der Waals surface area contributed by atoms with Crippen LogP contribution in [0.25, 0.3) is 0 Å². The van der Waals surface area contributed by atoms with Crippen LogP contribution in [0.5, 0.6) is 0 Å². The van der Waals surface area contributed by atoms with Gasteiger partial charge in [0.05, 0.1) is 0 Å². The first-order valence-corrected chi connectivity index (χ1v) is 9.51. The maximum absolute atomic E-state index is 13.0. The molecule has 0 bridgehead atoms. The summed E-state index contributed by atoms with van der Waals surface area (Å²) in [6, 6.07) is 8.90. The van der Waals surface area contributed by atoms with Crippen LogP contribution in [0.1, 0.15) is 29.8 Å². The molecule has 1 saturated heterocycles. The molecule has 0 radical (unpaired) electrons. The van der Waals surface area contributed by atoms with Crippen LogP contribution in [0.2, 0.25) is 0 Å². The van der Waals surface area contributed by atoms with Gasteiger partial charge in [-0.3, -0.25) is 24.3 Å². The lowest BCUT2D eigenvalue weighted by Gasteiger charge is -2.35. The van der Waals surface area contributed by atoms with E-state index in [-0.39, 0.29) is 17.7 Å². The zero-order valence-electron chi connectivity index (χ0n) is 16.6. The summed E-state index contributed by atoms with van der Waals surface area (Å²) in [5.74, 6) is -0.603. The van der Waals surface area contributed by atoms with E-state index >= 15 is 0 Å². The lowest BCUT2D eigenvalue weighted by molar-refractivity contribution is -0.115. The fraction of sp³-hybridized carbons (Fsp3) is 0.333. The summed E-state index contributed by atoms with van der Waals surface area (Å²) in [6.07, 6.45) is 3.56. The minimum Gasteiger partial charge on any atom is -0.336 e. The van der Waals surface area contributed by atoms with Gasteiger partial charge in [0.2, 0.25) is 11.8 Å². The number of hydrogen-bond acceptors (Lipinski definition) is 5. The van der Waals surface area contributed by atoms with Gasteiger partial charge in [-0.15, -0.1) is 0 Å². The Morgan fingerprint density at radius 3 is 1.97 bits per heavy atom. The standard InChI is InChI=1S/C21H25N5O3/c1-15(27)23-19-11-18(12-20(13-19)24-16(2)28)21(29)26-9-7-25(8-10-26)14-17-3-5-22-6-4-17/h3-6,11-13H,7-10,14H2,1-2H3,(H,23,27)(H,24,28). The molecular weight excluding hydrogens is 370 g/mol. The second-order valence-corrected chi connectivity index (χ2v) is 7.09. The summed E-state index contributed by atoms with van der Waals surface area (Å²) in [7, 11) is 0. The van der Waals surface area contributed by atoms with Gasteiger partial charge in [0, 0.05) is 75.9 Å². The summed E-state index contributed by atoms with van der Waals surface area (Å²) in [5, 5.41) is 5.35. The quantitative estimate of drug-likeness (QED) is 0.807. The fourth-order valence-corrected chi connectivity index (χ4v) is 3.34. The Morgan fingerprint density at radius 1 is 0.897 bits per heavy atom. The SMILES string of the molecule is CC(=O)Nc1cc(NC(C)=O)cc(C(=O)N2CCN(Cc3ccncc3)CC2)c1. The van der Waals surface area contributed by atoms with Crippen molar-refractivity contribution in [2.24, 2.45) is 0 Å². The van der Waals surface area contributed by atoms with Gasteiger partial charge < -0.3 is 15.5 Å². The van der Waals surface area contributed by atoms with Gasteiger partial charge in [-0.1, -0.05) is 0 Å². The number of piperazine rings is 1. The van der Waals surface area contributed by atoms with E-state index in [1.807, 2.05) is 12.1 Å². The Morgan fingerprint density at radius 2 is 1.45 bits per heavy atom. The van der Waals surface area contributed by atoms with Crippen LogP contribution in [-0.2, 0) is 16.1 Å². The number of nitrogens with one attached hydrogen (secondary N) is 2. The summed E-state index contributed by atoms with van der Waals surface area (Å²) in [5.41, 5.74) is 2.58. The van der Waals surface area contributed by atoms with Crippen molar-refractivity contribution in [2.45, 2.75) is 20.4 Å². The van der Waals surface area contributed by atoms with Gasteiger partial charge in [-0.2, -0.15) is 0 Å². The maximum atomic E-state index is 13.0. The zero-order chi connectivity index (χ0) is 20.8. The zero-order valence-corrected chi connectivity index (χ0v) is 16.6. The first-order valence-electron chi connectivity index (χ1n) is 9.51. The Hall–Kier alpha value is -3.26. The van der Waals surface area contributed by atoms with Crippen molar-refractivity contribution in [1.29, 1.82) is 0 Å². The van der Waals surface area contributed by atoms with E-state index in [2.05, 4.69) is 20.5 Å². The molecule has 3 amide bonds. The minimum absolute atomic E-state index is 0.118.